The fourth-order valence-electron chi connectivity index (χ4n) is 3.66. The lowest BCUT2D eigenvalue weighted by Crippen LogP contribution is -2.42. The summed E-state index contributed by atoms with van der Waals surface area (Å²) in [5.41, 5.74) is 2.32. The topological polar surface area (TPSA) is 58.6 Å². The van der Waals surface area contributed by atoms with E-state index in [0.29, 0.717) is 5.75 Å². The van der Waals surface area contributed by atoms with Crippen molar-refractivity contribution in [2.24, 2.45) is 5.92 Å². The minimum atomic E-state index is -0.240. The third-order valence-electron chi connectivity index (χ3n) is 5.12. The van der Waals surface area contributed by atoms with Crippen LogP contribution in [0.15, 0.2) is 53.4 Å². The van der Waals surface area contributed by atoms with Gasteiger partial charge in [-0.15, -0.1) is 11.8 Å². The van der Waals surface area contributed by atoms with E-state index < -0.39 is 0 Å². The van der Waals surface area contributed by atoms with Crippen LogP contribution >= 0.6 is 11.8 Å². The lowest BCUT2D eigenvalue weighted by molar-refractivity contribution is -0.120. The number of fused-ring (bicyclic) bond motifs is 1. The van der Waals surface area contributed by atoms with Crippen molar-refractivity contribution in [2.75, 3.05) is 12.4 Å². The van der Waals surface area contributed by atoms with Gasteiger partial charge >= 0.3 is 0 Å². The predicted octanol–water partition coefficient (Wildman–Crippen LogP) is 3.34. The first-order valence-electron chi connectivity index (χ1n) is 9.10. The number of aliphatic hydroxyl groups excluding tert-OH is 1. The molecular weight excluding hydrogens is 346 g/mol. The molecule has 0 bridgehead atoms. The van der Waals surface area contributed by atoms with Crippen LogP contribution < -0.4 is 10.1 Å². The van der Waals surface area contributed by atoms with Crippen LogP contribution in [0.5, 0.6) is 5.75 Å². The molecule has 1 fully saturated rings. The molecule has 0 radical (unpaired) electrons. The number of aliphatic hydroxyl groups is 1. The van der Waals surface area contributed by atoms with Crippen LogP contribution in [0.3, 0.4) is 0 Å². The first-order valence-corrected chi connectivity index (χ1v) is 10.1. The normalized spacial score (nSPS) is 22.0. The van der Waals surface area contributed by atoms with Crippen molar-refractivity contribution < 1.29 is 14.6 Å². The van der Waals surface area contributed by atoms with Gasteiger partial charge in [-0.2, -0.15) is 0 Å². The molecule has 0 unspecified atom stereocenters. The lowest BCUT2D eigenvalue weighted by atomic mass is 9.75. The zero-order valence-electron chi connectivity index (χ0n) is 14.6. The maximum absolute atomic E-state index is 12.5. The first kappa shape index (κ1) is 17.4. The Bertz CT molecular complexity index is 774. The summed E-state index contributed by atoms with van der Waals surface area (Å²) in [6.07, 6.45) is 2.16. The van der Waals surface area contributed by atoms with Crippen molar-refractivity contribution in [2.45, 2.75) is 36.3 Å². The van der Waals surface area contributed by atoms with Crippen LogP contribution in [0.25, 0.3) is 0 Å². The van der Waals surface area contributed by atoms with E-state index in [0.717, 1.165) is 42.1 Å². The molecule has 0 saturated heterocycles. The third-order valence-corrected chi connectivity index (χ3v) is 6.14. The van der Waals surface area contributed by atoms with Gasteiger partial charge in [0.25, 0.3) is 0 Å². The second-order valence-corrected chi connectivity index (χ2v) is 8.05. The SMILES string of the molecule is O=C(CSc1ccccc1)N[C@@H](c1ccc2c(c1)CCO2)C1CC(O)C1. The van der Waals surface area contributed by atoms with Gasteiger partial charge < -0.3 is 15.2 Å². The molecule has 1 aliphatic carbocycles. The van der Waals surface area contributed by atoms with Gasteiger partial charge in [0.2, 0.25) is 5.91 Å². The summed E-state index contributed by atoms with van der Waals surface area (Å²) < 4.78 is 5.59. The number of nitrogens with one attached hydrogen (secondary N) is 1. The number of amides is 1. The molecule has 26 heavy (non-hydrogen) atoms. The van der Waals surface area contributed by atoms with Gasteiger partial charge in [-0.05, 0) is 54.2 Å². The van der Waals surface area contributed by atoms with Crippen molar-refractivity contribution >= 4 is 17.7 Å². The molecule has 4 nitrogen and oxygen atoms in total. The predicted molar refractivity (Wildman–Crippen MR) is 102 cm³/mol. The quantitative estimate of drug-likeness (QED) is 0.767. The molecule has 2 aliphatic rings. The Kier molecular flexibility index (Phi) is 5.18. The number of thioether (sulfide) groups is 1. The number of carbonyl (C=O) groups is 1. The van der Waals surface area contributed by atoms with Crippen LogP contribution in [-0.2, 0) is 11.2 Å². The third kappa shape index (κ3) is 3.89. The number of hydrogen-bond donors (Lipinski definition) is 2. The van der Waals surface area contributed by atoms with E-state index in [1.54, 1.807) is 11.8 Å². The first-order chi connectivity index (χ1) is 12.7. The average Bonchev–Trinajstić information content (AvgIpc) is 3.11. The monoisotopic (exact) mass is 369 g/mol. The van der Waals surface area contributed by atoms with Gasteiger partial charge in [0.15, 0.2) is 0 Å². The zero-order valence-corrected chi connectivity index (χ0v) is 15.4. The molecule has 1 aliphatic heterocycles. The van der Waals surface area contributed by atoms with E-state index in [1.807, 2.05) is 42.5 Å². The highest BCUT2D eigenvalue weighted by atomic mass is 32.2. The van der Waals surface area contributed by atoms with Gasteiger partial charge in [-0.1, -0.05) is 24.3 Å². The van der Waals surface area contributed by atoms with Crippen molar-refractivity contribution in [3.05, 3.63) is 59.7 Å². The fourth-order valence-corrected chi connectivity index (χ4v) is 4.39. The molecule has 2 aromatic rings. The molecule has 2 N–H and O–H groups in total. The van der Waals surface area contributed by atoms with E-state index in [1.165, 1.54) is 5.56 Å². The van der Waals surface area contributed by atoms with E-state index in [4.69, 9.17) is 4.74 Å². The second kappa shape index (κ2) is 7.72. The summed E-state index contributed by atoms with van der Waals surface area (Å²) in [4.78, 5) is 13.6. The molecule has 1 amide bonds. The molecule has 0 spiro atoms. The van der Waals surface area contributed by atoms with E-state index >= 15 is 0 Å². The molecule has 5 heteroatoms. The smallest absolute Gasteiger partial charge is 0.230 e. The molecule has 0 aromatic heterocycles. The lowest BCUT2D eigenvalue weighted by Gasteiger charge is -2.38. The highest BCUT2D eigenvalue weighted by molar-refractivity contribution is 8.00. The van der Waals surface area contributed by atoms with Crippen molar-refractivity contribution in [1.29, 1.82) is 0 Å². The van der Waals surface area contributed by atoms with Gasteiger partial charge in [0.05, 0.1) is 24.5 Å². The number of carbonyl (C=O) groups excluding carboxylic acids is 1. The molecule has 1 saturated carbocycles. The van der Waals surface area contributed by atoms with Gasteiger partial charge in [0, 0.05) is 11.3 Å². The fraction of sp³-hybridized carbons (Fsp3) is 0.381. The zero-order chi connectivity index (χ0) is 17.9. The maximum atomic E-state index is 12.5. The summed E-state index contributed by atoms with van der Waals surface area (Å²) >= 11 is 1.54. The Labute approximate surface area is 158 Å². The largest absolute Gasteiger partial charge is 0.493 e. The van der Waals surface area contributed by atoms with Crippen molar-refractivity contribution in [3.8, 4) is 5.75 Å². The minimum absolute atomic E-state index is 0.0296. The summed E-state index contributed by atoms with van der Waals surface area (Å²) in [5, 5.41) is 12.9. The Balaban J connectivity index is 1.44. The van der Waals surface area contributed by atoms with Gasteiger partial charge in [-0.3, -0.25) is 4.79 Å². The van der Waals surface area contributed by atoms with Crippen LogP contribution in [0.1, 0.15) is 30.0 Å². The van der Waals surface area contributed by atoms with Gasteiger partial charge in [-0.25, -0.2) is 0 Å². The number of hydrogen-bond acceptors (Lipinski definition) is 4. The molecule has 1 atom stereocenters. The van der Waals surface area contributed by atoms with Crippen LogP contribution in [0.2, 0.25) is 0 Å². The standard InChI is InChI=1S/C21H23NO3S/c23-17-11-16(12-17)21(15-6-7-19-14(10-15)8-9-25-19)22-20(24)13-26-18-4-2-1-3-5-18/h1-7,10,16-17,21,23H,8-9,11-13H2,(H,22,24)/t16?,17?,21-/m0/s1. The highest BCUT2D eigenvalue weighted by Gasteiger charge is 2.36. The summed E-state index contributed by atoms with van der Waals surface area (Å²) in [6.45, 7) is 0.728. The van der Waals surface area contributed by atoms with Crippen LogP contribution in [0.4, 0.5) is 0 Å². The number of benzene rings is 2. The van der Waals surface area contributed by atoms with E-state index in [2.05, 4.69) is 11.4 Å². The molecule has 4 rings (SSSR count). The molecule has 136 valence electrons. The summed E-state index contributed by atoms with van der Waals surface area (Å²) in [5.74, 6) is 1.66. The van der Waals surface area contributed by atoms with Crippen LogP contribution in [0, 0.1) is 5.92 Å². The van der Waals surface area contributed by atoms with Crippen LogP contribution in [-0.4, -0.2) is 29.5 Å². The maximum Gasteiger partial charge on any atom is 0.230 e. The van der Waals surface area contributed by atoms with E-state index in [9.17, 15) is 9.90 Å². The van der Waals surface area contributed by atoms with Gasteiger partial charge in [0.1, 0.15) is 5.75 Å². The average molecular weight is 369 g/mol. The Hall–Kier alpha value is -1.98. The van der Waals surface area contributed by atoms with E-state index in [-0.39, 0.29) is 24.0 Å². The molecular formula is C21H23NO3S. The molecule has 1 heterocycles. The highest BCUT2D eigenvalue weighted by Crippen LogP contribution is 2.39. The Morgan fingerprint density at radius 1 is 1.23 bits per heavy atom. The second-order valence-electron chi connectivity index (χ2n) is 7.00. The van der Waals surface area contributed by atoms with Crippen molar-refractivity contribution in [1.82, 2.24) is 5.32 Å². The Morgan fingerprint density at radius 3 is 2.81 bits per heavy atom. The molecule has 2 aromatic carbocycles. The number of rotatable bonds is 6. The van der Waals surface area contributed by atoms with Crippen molar-refractivity contribution in [3.63, 3.8) is 0 Å². The minimum Gasteiger partial charge on any atom is -0.493 e. The summed E-state index contributed by atoms with van der Waals surface area (Å²) in [7, 11) is 0. The number of ether oxygens (including phenoxy) is 1. The summed E-state index contributed by atoms with van der Waals surface area (Å²) in [6, 6.07) is 16.1. The Morgan fingerprint density at radius 2 is 2.04 bits per heavy atom.